The molecule has 2 heterocycles. The number of aromatic nitrogens is 2. The molecule has 0 atom stereocenters. The maximum absolute atomic E-state index is 11.8. The third-order valence-electron chi connectivity index (χ3n) is 3.81. The Morgan fingerprint density at radius 3 is 2.83 bits per heavy atom. The van der Waals surface area contributed by atoms with Gasteiger partial charge in [0.25, 0.3) is 0 Å². The minimum absolute atomic E-state index is 0.0781. The average molecular weight is 263 g/mol. The van der Waals surface area contributed by atoms with Crippen molar-refractivity contribution < 1.29 is 4.79 Å². The molecule has 0 bridgehead atoms. The maximum atomic E-state index is 11.8. The summed E-state index contributed by atoms with van der Waals surface area (Å²) in [5.74, 6) is 0.535. The van der Waals surface area contributed by atoms with Crippen LogP contribution in [0.15, 0.2) is 18.6 Å². The standard InChI is InChI=1S/C14H15ClN2O/c1-9(18)11-6-12(15)13-7-16-8-17(13)14(11)10-4-2-3-5-10/h6-8,10H,2-5H2,1H3. The number of halogens is 1. The second kappa shape index (κ2) is 4.39. The van der Waals surface area contributed by atoms with E-state index in [0.717, 1.165) is 29.6 Å². The molecule has 0 N–H and O–H groups in total. The molecule has 0 aliphatic heterocycles. The summed E-state index contributed by atoms with van der Waals surface area (Å²) >= 11 is 6.21. The van der Waals surface area contributed by atoms with Crippen LogP contribution in [0.4, 0.5) is 0 Å². The molecule has 4 heteroatoms. The molecule has 3 nitrogen and oxygen atoms in total. The third kappa shape index (κ3) is 1.74. The number of pyridine rings is 1. The topological polar surface area (TPSA) is 34.4 Å². The number of hydrogen-bond donors (Lipinski definition) is 0. The number of nitrogens with zero attached hydrogens (tertiary/aromatic N) is 2. The summed E-state index contributed by atoms with van der Waals surface area (Å²) < 4.78 is 2.00. The van der Waals surface area contributed by atoms with Crippen molar-refractivity contribution in [3.05, 3.63) is 34.9 Å². The molecule has 0 spiro atoms. The van der Waals surface area contributed by atoms with Crippen LogP contribution in [0, 0.1) is 0 Å². The monoisotopic (exact) mass is 262 g/mol. The van der Waals surface area contributed by atoms with Crippen molar-refractivity contribution in [2.75, 3.05) is 0 Å². The first-order valence-corrected chi connectivity index (χ1v) is 6.71. The number of ketones is 1. The first-order valence-electron chi connectivity index (χ1n) is 6.34. The number of Topliss-reactive ketones (excluding diaryl/α,β-unsaturated/α-hetero) is 1. The number of hydrogen-bond acceptors (Lipinski definition) is 2. The first-order chi connectivity index (χ1) is 8.68. The van der Waals surface area contributed by atoms with Crippen LogP contribution in [0.2, 0.25) is 5.02 Å². The van der Waals surface area contributed by atoms with E-state index >= 15 is 0 Å². The van der Waals surface area contributed by atoms with Gasteiger partial charge in [-0.25, -0.2) is 4.98 Å². The summed E-state index contributed by atoms with van der Waals surface area (Å²) in [6.45, 7) is 1.60. The molecule has 1 fully saturated rings. The summed E-state index contributed by atoms with van der Waals surface area (Å²) in [7, 11) is 0. The van der Waals surface area contributed by atoms with Gasteiger partial charge in [-0.3, -0.25) is 4.79 Å². The molecule has 94 valence electrons. The normalized spacial score (nSPS) is 16.6. The van der Waals surface area contributed by atoms with Crippen LogP contribution in [0.1, 0.15) is 54.6 Å². The Morgan fingerprint density at radius 2 is 2.17 bits per heavy atom. The molecule has 18 heavy (non-hydrogen) atoms. The number of rotatable bonds is 2. The molecule has 0 radical (unpaired) electrons. The zero-order valence-corrected chi connectivity index (χ0v) is 11.1. The number of imidazole rings is 1. The molecule has 0 aromatic carbocycles. The molecule has 2 aromatic rings. The van der Waals surface area contributed by atoms with Gasteiger partial charge in [0.05, 0.1) is 23.1 Å². The van der Waals surface area contributed by atoms with E-state index in [4.69, 9.17) is 11.6 Å². The Labute approximate surface area is 111 Å². The molecule has 1 aliphatic carbocycles. The summed E-state index contributed by atoms with van der Waals surface area (Å²) in [4.78, 5) is 16.0. The fourth-order valence-corrected chi connectivity index (χ4v) is 3.21. The quantitative estimate of drug-likeness (QED) is 0.771. The van der Waals surface area contributed by atoms with Crippen molar-refractivity contribution in [3.63, 3.8) is 0 Å². The Balaban J connectivity index is 2.30. The van der Waals surface area contributed by atoms with Gasteiger partial charge in [-0.05, 0) is 25.8 Å². The van der Waals surface area contributed by atoms with E-state index in [0.29, 0.717) is 10.9 Å². The zero-order valence-electron chi connectivity index (χ0n) is 10.3. The molecule has 0 saturated heterocycles. The van der Waals surface area contributed by atoms with E-state index in [2.05, 4.69) is 4.98 Å². The van der Waals surface area contributed by atoms with Gasteiger partial charge >= 0.3 is 0 Å². The summed E-state index contributed by atoms with van der Waals surface area (Å²) in [6.07, 6.45) is 8.29. The molecule has 0 unspecified atom stereocenters. The lowest BCUT2D eigenvalue weighted by molar-refractivity contribution is 0.101. The maximum Gasteiger partial charge on any atom is 0.161 e. The smallest absolute Gasteiger partial charge is 0.161 e. The fraction of sp³-hybridized carbons (Fsp3) is 0.429. The zero-order chi connectivity index (χ0) is 12.7. The van der Waals surface area contributed by atoms with Gasteiger partial charge in [0, 0.05) is 17.2 Å². The van der Waals surface area contributed by atoms with Crippen molar-refractivity contribution in [2.45, 2.75) is 38.5 Å². The van der Waals surface area contributed by atoms with E-state index in [-0.39, 0.29) is 5.78 Å². The van der Waals surface area contributed by atoms with Gasteiger partial charge in [-0.15, -0.1) is 0 Å². The Bertz CT molecular complexity index is 612. The highest BCUT2D eigenvalue weighted by Crippen LogP contribution is 2.37. The van der Waals surface area contributed by atoms with Crippen molar-refractivity contribution >= 4 is 22.9 Å². The summed E-state index contributed by atoms with van der Waals surface area (Å²) in [5.41, 5.74) is 2.73. The van der Waals surface area contributed by atoms with Gasteiger partial charge in [-0.2, -0.15) is 0 Å². The number of carbonyl (C=O) groups is 1. The molecule has 3 rings (SSSR count). The van der Waals surface area contributed by atoms with Gasteiger partial charge in [0.1, 0.15) is 0 Å². The highest BCUT2D eigenvalue weighted by molar-refractivity contribution is 6.34. The van der Waals surface area contributed by atoms with E-state index < -0.39 is 0 Å². The summed E-state index contributed by atoms with van der Waals surface area (Å²) in [6, 6.07) is 1.80. The SMILES string of the molecule is CC(=O)c1cc(Cl)c2cncn2c1C1CCCC1. The first kappa shape index (κ1) is 11.7. The van der Waals surface area contributed by atoms with Crippen molar-refractivity contribution in [2.24, 2.45) is 0 Å². The Kier molecular flexibility index (Phi) is 2.86. The number of carbonyl (C=O) groups excluding carboxylic acids is 1. The lowest BCUT2D eigenvalue weighted by Crippen LogP contribution is -2.09. The van der Waals surface area contributed by atoms with E-state index in [1.54, 1.807) is 25.5 Å². The van der Waals surface area contributed by atoms with E-state index in [9.17, 15) is 4.79 Å². The largest absolute Gasteiger partial charge is 0.301 e. The van der Waals surface area contributed by atoms with Gasteiger partial charge < -0.3 is 4.40 Å². The molecule has 1 aliphatic rings. The second-order valence-electron chi connectivity index (χ2n) is 4.98. The Hall–Kier alpha value is -1.35. The van der Waals surface area contributed by atoms with Gasteiger partial charge in [-0.1, -0.05) is 24.4 Å². The molecule has 0 amide bonds. The van der Waals surface area contributed by atoms with Crippen LogP contribution < -0.4 is 0 Å². The fourth-order valence-electron chi connectivity index (χ4n) is 2.97. The van der Waals surface area contributed by atoms with Crippen LogP contribution in [-0.2, 0) is 0 Å². The van der Waals surface area contributed by atoms with Crippen molar-refractivity contribution in [3.8, 4) is 0 Å². The highest BCUT2D eigenvalue weighted by Gasteiger charge is 2.25. The van der Waals surface area contributed by atoms with Crippen LogP contribution in [0.25, 0.3) is 5.52 Å². The van der Waals surface area contributed by atoms with Crippen molar-refractivity contribution in [1.29, 1.82) is 0 Å². The third-order valence-corrected chi connectivity index (χ3v) is 4.11. The molecule has 1 saturated carbocycles. The minimum Gasteiger partial charge on any atom is -0.301 e. The molecule has 2 aromatic heterocycles. The van der Waals surface area contributed by atoms with Crippen LogP contribution >= 0.6 is 11.6 Å². The summed E-state index contributed by atoms with van der Waals surface area (Å²) in [5, 5.41) is 0.597. The molecular formula is C14H15ClN2O. The van der Waals surface area contributed by atoms with Crippen molar-refractivity contribution in [1.82, 2.24) is 9.38 Å². The average Bonchev–Trinajstić information content (AvgIpc) is 2.99. The highest BCUT2D eigenvalue weighted by atomic mass is 35.5. The van der Waals surface area contributed by atoms with Gasteiger partial charge in [0.2, 0.25) is 0 Å². The molecular weight excluding hydrogens is 248 g/mol. The number of fused-ring (bicyclic) bond motifs is 1. The van der Waals surface area contributed by atoms with Crippen LogP contribution in [0.3, 0.4) is 0 Å². The second-order valence-corrected chi connectivity index (χ2v) is 5.38. The predicted octanol–water partition coefficient (Wildman–Crippen LogP) is 3.85. The van der Waals surface area contributed by atoms with E-state index in [1.165, 1.54) is 12.8 Å². The Morgan fingerprint density at radius 1 is 1.44 bits per heavy atom. The van der Waals surface area contributed by atoms with E-state index in [1.807, 2.05) is 4.40 Å². The lowest BCUT2D eigenvalue weighted by Gasteiger charge is -2.17. The van der Waals surface area contributed by atoms with Crippen LogP contribution in [-0.4, -0.2) is 15.2 Å². The predicted molar refractivity (Wildman–Crippen MR) is 71.4 cm³/mol. The van der Waals surface area contributed by atoms with Crippen LogP contribution in [0.5, 0.6) is 0 Å². The lowest BCUT2D eigenvalue weighted by atomic mass is 9.96. The minimum atomic E-state index is 0.0781. The van der Waals surface area contributed by atoms with Gasteiger partial charge in [0.15, 0.2) is 5.78 Å².